The minimum absolute atomic E-state index is 0.00246. The van der Waals surface area contributed by atoms with E-state index in [1.165, 1.54) is 0 Å². The van der Waals surface area contributed by atoms with Crippen molar-refractivity contribution in [1.82, 2.24) is 9.97 Å². The Morgan fingerprint density at radius 2 is 2.05 bits per heavy atom. The fourth-order valence-electron chi connectivity index (χ4n) is 1.44. The van der Waals surface area contributed by atoms with E-state index < -0.39 is 4.92 Å². The van der Waals surface area contributed by atoms with Crippen LogP contribution in [0, 0.1) is 21.4 Å². The van der Waals surface area contributed by atoms with E-state index in [9.17, 15) is 10.1 Å². The van der Waals surface area contributed by atoms with E-state index >= 15 is 0 Å². The van der Waals surface area contributed by atoms with E-state index in [4.69, 9.17) is 11.1 Å². The number of aromatic nitrogens is 2. The lowest BCUT2D eigenvalue weighted by Gasteiger charge is -2.07. The van der Waals surface area contributed by atoms with Gasteiger partial charge < -0.3 is 5.32 Å². The van der Waals surface area contributed by atoms with Gasteiger partial charge in [0.15, 0.2) is 0 Å². The molecule has 9 heteroatoms. The van der Waals surface area contributed by atoms with Crippen LogP contribution in [0.15, 0.2) is 30.5 Å². The molecule has 0 aliphatic rings. The number of anilines is 3. The normalized spacial score (nSPS) is 9.60. The van der Waals surface area contributed by atoms with E-state index in [1.54, 1.807) is 24.3 Å². The smallest absolute Gasteiger partial charge is 0.329 e. The van der Waals surface area contributed by atoms with Crippen molar-refractivity contribution in [2.45, 2.75) is 0 Å². The zero-order valence-electron chi connectivity index (χ0n) is 10.1. The number of hydrogen-bond donors (Lipinski definition) is 3. The van der Waals surface area contributed by atoms with Gasteiger partial charge in [0.2, 0.25) is 11.8 Å². The Hall–Kier alpha value is -3.25. The minimum atomic E-state index is -0.605. The van der Waals surface area contributed by atoms with Crippen molar-refractivity contribution in [2.75, 3.05) is 10.7 Å². The van der Waals surface area contributed by atoms with Gasteiger partial charge >= 0.3 is 5.69 Å². The van der Waals surface area contributed by atoms with Crippen LogP contribution in [0.5, 0.6) is 0 Å². The van der Waals surface area contributed by atoms with Crippen LogP contribution < -0.4 is 16.6 Å². The van der Waals surface area contributed by atoms with E-state index in [2.05, 4.69) is 20.7 Å². The van der Waals surface area contributed by atoms with Crippen LogP contribution in [-0.2, 0) is 0 Å². The molecule has 0 unspecified atom stereocenters. The molecule has 1 heterocycles. The summed E-state index contributed by atoms with van der Waals surface area (Å²) in [6, 6.07) is 8.36. The number of hydrazine groups is 1. The Labute approximate surface area is 113 Å². The molecule has 0 atom stereocenters. The standard InChI is InChI=1S/C11H9N7O2/c12-5-7-1-3-8(4-2-7)15-10-9(18(19)20)6-14-11(16-10)17-13/h1-4,6H,13H2,(H2,14,15,16,17). The fraction of sp³-hybridized carbons (Fsp3) is 0. The highest BCUT2D eigenvalue weighted by Crippen LogP contribution is 2.25. The first-order valence-corrected chi connectivity index (χ1v) is 5.39. The van der Waals surface area contributed by atoms with Gasteiger partial charge in [0.05, 0.1) is 16.6 Å². The first-order chi connectivity index (χ1) is 9.63. The van der Waals surface area contributed by atoms with Gasteiger partial charge in [-0.15, -0.1) is 0 Å². The summed E-state index contributed by atoms with van der Waals surface area (Å²) in [5, 5.41) is 22.4. The highest BCUT2D eigenvalue weighted by Gasteiger charge is 2.17. The van der Waals surface area contributed by atoms with Crippen LogP contribution in [0.3, 0.4) is 0 Å². The van der Waals surface area contributed by atoms with Gasteiger partial charge in [-0.25, -0.2) is 10.8 Å². The summed E-state index contributed by atoms with van der Waals surface area (Å²) in [6.07, 6.45) is 1.05. The van der Waals surface area contributed by atoms with Crippen molar-refractivity contribution in [2.24, 2.45) is 5.84 Å². The lowest BCUT2D eigenvalue weighted by molar-refractivity contribution is -0.384. The molecule has 2 rings (SSSR count). The zero-order chi connectivity index (χ0) is 14.5. The van der Waals surface area contributed by atoms with Gasteiger partial charge in [-0.05, 0) is 24.3 Å². The molecule has 0 aliphatic carbocycles. The number of nitrogen functional groups attached to an aromatic ring is 1. The van der Waals surface area contributed by atoms with Gasteiger partial charge in [-0.1, -0.05) is 0 Å². The van der Waals surface area contributed by atoms with Gasteiger partial charge in [0.1, 0.15) is 6.20 Å². The molecule has 9 nitrogen and oxygen atoms in total. The van der Waals surface area contributed by atoms with Crippen molar-refractivity contribution in [3.63, 3.8) is 0 Å². The van der Waals surface area contributed by atoms with Crippen LogP contribution in [0.2, 0.25) is 0 Å². The maximum atomic E-state index is 10.9. The van der Waals surface area contributed by atoms with Crippen LogP contribution in [0.25, 0.3) is 0 Å². The Kier molecular flexibility index (Phi) is 3.69. The molecule has 0 spiro atoms. The number of benzene rings is 1. The first-order valence-electron chi connectivity index (χ1n) is 5.39. The number of nitro groups is 1. The largest absolute Gasteiger partial charge is 0.334 e. The maximum Gasteiger partial charge on any atom is 0.329 e. The summed E-state index contributed by atoms with van der Waals surface area (Å²) in [4.78, 5) is 17.9. The van der Waals surface area contributed by atoms with Crippen molar-refractivity contribution in [3.05, 3.63) is 46.1 Å². The molecule has 0 amide bonds. The van der Waals surface area contributed by atoms with E-state index in [0.717, 1.165) is 6.20 Å². The summed E-state index contributed by atoms with van der Waals surface area (Å²) >= 11 is 0. The predicted octanol–water partition coefficient (Wildman–Crippen LogP) is 1.29. The average molecular weight is 271 g/mol. The minimum Gasteiger partial charge on any atom is -0.334 e. The molecular formula is C11H9N7O2. The quantitative estimate of drug-likeness (QED) is 0.428. The highest BCUT2D eigenvalue weighted by molar-refractivity contribution is 5.66. The van der Waals surface area contributed by atoms with Crippen molar-refractivity contribution in [1.29, 1.82) is 5.26 Å². The predicted molar refractivity (Wildman–Crippen MR) is 70.9 cm³/mol. The Balaban J connectivity index is 2.35. The molecule has 1 aromatic heterocycles. The monoisotopic (exact) mass is 271 g/mol. The van der Waals surface area contributed by atoms with E-state index in [0.29, 0.717) is 11.3 Å². The summed E-state index contributed by atoms with van der Waals surface area (Å²) in [5.74, 6) is 5.22. The van der Waals surface area contributed by atoms with Crippen LogP contribution in [0.4, 0.5) is 23.1 Å². The topological polar surface area (TPSA) is 143 Å². The second-order valence-corrected chi connectivity index (χ2v) is 3.64. The summed E-state index contributed by atoms with van der Waals surface area (Å²) in [5.41, 5.74) is 2.96. The van der Waals surface area contributed by atoms with Crippen molar-refractivity contribution < 1.29 is 4.92 Å². The third-order valence-corrected chi connectivity index (χ3v) is 2.37. The molecule has 0 aliphatic heterocycles. The second kappa shape index (κ2) is 5.59. The molecule has 4 N–H and O–H groups in total. The highest BCUT2D eigenvalue weighted by atomic mass is 16.6. The Morgan fingerprint density at radius 1 is 1.35 bits per heavy atom. The van der Waals surface area contributed by atoms with Crippen molar-refractivity contribution >= 4 is 23.1 Å². The lowest BCUT2D eigenvalue weighted by atomic mass is 10.2. The SMILES string of the molecule is N#Cc1ccc(Nc2nc(NN)ncc2[N+](=O)[O-])cc1. The molecule has 0 saturated heterocycles. The lowest BCUT2D eigenvalue weighted by Crippen LogP contribution is -2.12. The number of rotatable bonds is 4. The molecule has 100 valence electrons. The number of nitrogens with two attached hydrogens (primary N) is 1. The van der Waals surface area contributed by atoms with Gasteiger partial charge in [0, 0.05) is 5.69 Å². The van der Waals surface area contributed by atoms with Crippen LogP contribution in [-0.4, -0.2) is 14.9 Å². The number of nitriles is 1. The summed E-state index contributed by atoms with van der Waals surface area (Å²) < 4.78 is 0. The van der Waals surface area contributed by atoms with E-state index in [-0.39, 0.29) is 17.5 Å². The van der Waals surface area contributed by atoms with E-state index in [1.807, 2.05) is 6.07 Å². The third-order valence-electron chi connectivity index (χ3n) is 2.37. The van der Waals surface area contributed by atoms with Gasteiger partial charge in [-0.2, -0.15) is 10.2 Å². The Bertz CT molecular complexity index is 678. The van der Waals surface area contributed by atoms with Gasteiger partial charge in [0.25, 0.3) is 0 Å². The molecule has 0 bridgehead atoms. The number of nitrogens with one attached hydrogen (secondary N) is 2. The molecule has 1 aromatic carbocycles. The Morgan fingerprint density at radius 3 is 2.60 bits per heavy atom. The molecule has 20 heavy (non-hydrogen) atoms. The number of hydrogen-bond acceptors (Lipinski definition) is 8. The average Bonchev–Trinajstić information content (AvgIpc) is 2.47. The molecule has 0 fully saturated rings. The van der Waals surface area contributed by atoms with Crippen molar-refractivity contribution in [3.8, 4) is 6.07 Å². The van der Waals surface area contributed by atoms with Crippen LogP contribution in [0.1, 0.15) is 5.56 Å². The summed E-state index contributed by atoms with van der Waals surface area (Å²) in [6.45, 7) is 0. The molecule has 0 saturated carbocycles. The fourth-order valence-corrected chi connectivity index (χ4v) is 1.44. The van der Waals surface area contributed by atoms with Gasteiger partial charge in [-0.3, -0.25) is 15.5 Å². The second-order valence-electron chi connectivity index (χ2n) is 3.64. The molecule has 0 radical (unpaired) electrons. The molecular weight excluding hydrogens is 262 g/mol. The first kappa shape index (κ1) is 13.2. The maximum absolute atomic E-state index is 10.9. The molecule has 2 aromatic rings. The van der Waals surface area contributed by atoms with Crippen LogP contribution >= 0.6 is 0 Å². The zero-order valence-corrected chi connectivity index (χ0v) is 10.1. The number of nitrogens with zero attached hydrogens (tertiary/aromatic N) is 4. The third kappa shape index (κ3) is 2.77. The summed E-state index contributed by atoms with van der Waals surface area (Å²) in [7, 11) is 0.